The Balaban J connectivity index is 1.34. The molecule has 3 aliphatic rings. The fraction of sp³-hybridized carbons (Fsp3) is 0.559. The summed E-state index contributed by atoms with van der Waals surface area (Å²) in [5.41, 5.74) is 3.23. The van der Waals surface area contributed by atoms with Crippen molar-refractivity contribution in [2.24, 2.45) is 29.6 Å². The number of aliphatic hydroxyl groups excluding tert-OH is 1. The second-order valence-electron chi connectivity index (χ2n) is 12.5. The summed E-state index contributed by atoms with van der Waals surface area (Å²) in [6, 6.07) is 10.1. The molecule has 6 heteroatoms. The lowest BCUT2D eigenvalue weighted by Gasteiger charge is -2.44. The molecule has 0 saturated carbocycles. The number of carbonyl (C=O) groups is 2. The van der Waals surface area contributed by atoms with Crippen molar-refractivity contribution in [1.29, 1.82) is 0 Å². The number of carbonyl (C=O) groups excluding carboxylic acids is 2. The van der Waals surface area contributed by atoms with Crippen LogP contribution < -0.4 is 0 Å². The van der Waals surface area contributed by atoms with Crippen LogP contribution in [0.5, 0.6) is 0 Å². The van der Waals surface area contributed by atoms with Gasteiger partial charge in [-0.3, -0.25) is 14.6 Å². The first-order valence-corrected chi connectivity index (χ1v) is 15.1. The van der Waals surface area contributed by atoms with Gasteiger partial charge < -0.3 is 14.7 Å². The minimum Gasteiger partial charge on any atom is -0.461 e. The molecule has 1 N–H and O–H groups in total. The average molecular weight is 545 g/mol. The van der Waals surface area contributed by atoms with E-state index in [1.165, 1.54) is 5.57 Å². The second kappa shape index (κ2) is 12.3. The fourth-order valence-corrected chi connectivity index (χ4v) is 6.98. The van der Waals surface area contributed by atoms with Gasteiger partial charge in [0.2, 0.25) is 5.91 Å². The smallest absolute Gasteiger partial charge is 0.308 e. The van der Waals surface area contributed by atoms with Crippen LogP contribution in [0.1, 0.15) is 71.8 Å². The molecule has 6 nitrogen and oxygen atoms in total. The standard InChI is InChI=1S/C34H44N2O4/c1-5-22(3)34(39)40-31-15-21(2)14-26-11-10-23(4)29(33(26)31)13-12-27-17-28(37)18-32(38)36(27)20-24-16-25-8-6-7-9-30(25)35-19-24/h6-11,14,16,19,21-23,27-29,31,33,37H,5,12-13,15,17-18,20H2,1-4H3/t21-,22-,23-,27?,28+,29-,31-,33-/m0/s1. The number of esters is 1. The quantitative estimate of drug-likeness (QED) is 0.399. The first kappa shape index (κ1) is 28.5. The van der Waals surface area contributed by atoms with Gasteiger partial charge >= 0.3 is 5.97 Å². The lowest BCUT2D eigenvalue weighted by atomic mass is 9.65. The Labute approximate surface area is 238 Å². The summed E-state index contributed by atoms with van der Waals surface area (Å²) >= 11 is 0. The third-order valence-corrected chi connectivity index (χ3v) is 9.43. The van der Waals surface area contributed by atoms with Gasteiger partial charge in [-0.15, -0.1) is 0 Å². The molecule has 8 atom stereocenters. The van der Waals surface area contributed by atoms with Crippen molar-refractivity contribution in [3.8, 4) is 0 Å². The Morgan fingerprint density at radius 1 is 1.20 bits per heavy atom. The molecule has 214 valence electrons. The van der Waals surface area contributed by atoms with E-state index in [9.17, 15) is 14.7 Å². The Morgan fingerprint density at radius 2 is 2.00 bits per heavy atom. The molecule has 0 spiro atoms. The van der Waals surface area contributed by atoms with Gasteiger partial charge in [-0.2, -0.15) is 0 Å². The van der Waals surface area contributed by atoms with Gasteiger partial charge in [0.1, 0.15) is 6.10 Å². The predicted molar refractivity (Wildman–Crippen MR) is 157 cm³/mol. The largest absolute Gasteiger partial charge is 0.461 e. The van der Waals surface area contributed by atoms with E-state index < -0.39 is 6.10 Å². The van der Waals surface area contributed by atoms with E-state index in [4.69, 9.17) is 4.74 Å². The average Bonchev–Trinajstić information content (AvgIpc) is 2.93. The molecule has 2 aliphatic carbocycles. The summed E-state index contributed by atoms with van der Waals surface area (Å²) in [7, 11) is 0. The maximum Gasteiger partial charge on any atom is 0.308 e. The van der Waals surface area contributed by atoms with Crippen molar-refractivity contribution in [2.45, 2.75) is 91.0 Å². The molecule has 2 heterocycles. The van der Waals surface area contributed by atoms with Crippen molar-refractivity contribution in [1.82, 2.24) is 9.88 Å². The van der Waals surface area contributed by atoms with Crippen LogP contribution in [0.4, 0.5) is 0 Å². The predicted octanol–water partition coefficient (Wildman–Crippen LogP) is 6.23. The first-order chi connectivity index (χ1) is 19.2. The highest BCUT2D eigenvalue weighted by molar-refractivity contribution is 5.80. The maximum absolute atomic E-state index is 13.2. The van der Waals surface area contributed by atoms with E-state index in [2.05, 4.69) is 43.1 Å². The van der Waals surface area contributed by atoms with Gasteiger partial charge in [0, 0.05) is 30.1 Å². The van der Waals surface area contributed by atoms with Crippen LogP contribution in [-0.4, -0.2) is 45.1 Å². The highest BCUT2D eigenvalue weighted by atomic mass is 16.5. The number of amides is 1. The van der Waals surface area contributed by atoms with Crippen molar-refractivity contribution >= 4 is 22.8 Å². The van der Waals surface area contributed by atoms with Gasteiger partial charge in [0.15, 0.2) is 0 Å². The number of para-hydroxylation sites is 1. The molecule has 40 heavy (non-hydrogen) atoms. The number of likely N-dealkylation sites (tertiary alicyclic amines) is 1. The Kier molecular flexibility index (Phi) is 8.74. The number of pyridine rings is 1. The van der Waals surface area contributed by atoms with Gasteiger partial charge in [-0.25, -0.2) is 0 Å². The first-order valence-electron chi connectivity index (χ1n) is 15.1. The molecule has 1 saturated heterocycles. The third-order valence-electron chi connectivity index (χ3n) is 9.43. The number of allylic oxidation sites excluding steroid dienone is 3. The number of rotatable bonds is 8. The number of nitrogens with zero attached hydrogens (tertiary/aromatic N) is 2. The van der Waals surface area contributed by atoms with E-state index in [0.29, 0.717) is 30.7 Å². The van der Waals surface area contributed by atoms with Gasteiger partial charge in [-0.1, -0.05) is 64.1 Å². The van der Waals surface area contributed by atoms with Crippen LogP contribution in [-0.2, 0) is 20.9 Å². The molecular weight excluding hydrogens is 500 g/mol. The van der Waals surface area contributed by atoms with Gasteiger partial charge in [-0.05, 0) is 73.1 Å². The molecule has 1 aromatic carbocycles. The summed E-state index contributed by atoms with van der Waals surface area (Å²) in [5.74, 6) is 0.953. The zero-order valence-electron chi connectivity index (χ0n) is 24.3. The minimum atomic E-state index is -0.609. The molecule has 2 aromatic rings. The Hall–Kier alpha value is -2.99. The lowest BCUT2D eigenvalue weighted by molar-refractivity contribution is -0.158. The summed E-state index contributed by atoms with van der Waals surface area (Å²) in [5, 5.41) is 11.6. The number of hydrogen-bond acceptors (Lipinski definition) is 5. The summed E-state index contributed by atoms with van der Waals surface area (Å²) in [6.07, 6.45) is 12.1. The summed E-state index contributed by atoms with van der Waals surface area (Å²) in [4.78, 5) is 32.6. The van der Waals surface area contributed by atoms with E-state index in [1.54, 1.807) is 0 Å². The summed E-state index contributed by atoms with van der Waals surface area (Å²) in [6.45, 7) is 8.91. The molecule has 1 aromatic heterocycles. The monoisotopic (exact) mass is 544 g/mol. The highest BCUT2D eigenvalue weighted by Gasteiger charge is 2.42. The SMILES string of the molecule is CC[C@H](C)C(=O)O[C@H]1C[C@@H](C)C=C2C=C[C@H](C)[C@H](CCC3C[C@@H](O)CC(=O)N3Cc3cnc4ccccc4c3)[C@H]21. The van der Waals surface area contributed by atoms with Crippen molar-refractivity contribution in [2.75, 3.05) is 0 Å². The van der Waals surface area contributed by atoms with Gasteiger partial charge in [0.25, 0.3) is 0 Å². The number of aromatic nitrogens is 1. The number of piperidine rings is 1. The number of hydrogen-bond donors (Lipinski definition) is 1. The second-order valence-corrected chi connectivity index (χ2v) is 12.5. The van der Waals surface area contributed by atoms with E-state index >= 15 is 0 Å². The Morgan fingerprint density at radius 3 is 2.80 bits per heavy atom. The van der Waals surface area contributed by atoms with Gasteiger partial charge in [0.05, 0.1) is 24.0 Å². The van der Waals surface area contributed by atoms with Crippen LogP contribution >= 0.6 is 0 Å². The van der Waals surface area contributed by atoms with Crippen LogP contribution in [0.3, 0.4) is 0 Å². The number of aliphatic hydroxyl groups is 1. The molecule has 5 rings (SSSR count). The molecular formula is C34H44N2O4. The van der Waals surface area contributed by atoms with Crippen LogP contribution in [0.15, 0.2) is 60.3 Å². The lowest BCUT2D eigenvalue weighted by Crippen LogP contribution is -2.48. The molecule has 0 radical (unpaired) electrons. The highest BCUT2D eigenvalue weighted by Crippen LogP contribution is 2.45. The molecule has 1 unspecified atom stereocenters. The third kappa shape index (κ3) is 6.17. The van der Waals surface area contributed by atoms with Crippen LogP contribution in [0, 0.1) is 29.6 Å². The number of fused-ring (bicyclic) bond motifs is 2. The van der Waals surface area contributed by atoms with E-state index in [0.717, 1.165) is 42.1 Å². The molecule has 0 bridgehead atoms. The topological polar surface area (TPSA) is 79.7 Å². The fourth-order valence-electron chi connectivity index (χ4n) is 6.98. The number of benzene rings is 1. The summed E-state index contributed by atoms with van der Waals surface area (Å²) < 4.78 is 6.20. The molecule has 1 amide bonds. The molecule has 1 aliphatic heterocycles. The van der Waals surface area contributed by atoms with Crippen LogP contribution in [0.25, 0.3) is 10.9 Å². The van der Waals surface area contributed by atoms with Crippen LogP contribution in [0.2, 0.25) is 0 Å². The normalized spacial score (nSPS) is 31.0. The zero-order valence-corrected chi connectivity index (χ0v) is 24.3. The zero-order chi connectivity index (χ0) is 28.4. The van der Waals surface area contributed by atoms with E-state index in [-0.39, 0.29) is 42.3 Å². The van der Waals surface area contributed by atoms with Crippen molar-refractivity contribution in [3.63, 3.8) is 0 Å². The minimum absolute atomic E-state index is 0.000864. The van der Waals surface area contributed by atoms with Crippen molar-refractivity contribution < 1.29 is 19.4 Å². The number of ether oxygens (including phenoxy) is 1. The Bertz CT molecular complexity index is 1290. The van der Waals surface area contributed by atoms with Crippen molar-refractivity contribution in [3.05, 3.63) is 65.9 Å². The van der Waals surface area contributed by atoms with E-state index in [1.807, 2.05) is 49.2 Å². The maximum atomic E-state index is 13.2. The molecule has 1 fully saturated rings.